The number of carboxylic acid groups (broad SMARTS) is 2. The van der Waals surface area contributed by atoms with Gasteiger partial charge < -0.3 is 57.1 Å². The number of amides is 5. The Bertz CT molecular complexity index is 1890. The lowest BCUT2D eigenvalue weighted by molar-refractivity contribution is -0.144. The molecule has 11 N–H and O–H groups in total. The number of rotatable bonds is 21. The van der Waals surface area contributed by atoms with Crippen molar-refractivity contribution in [1.29, 1.82) is 0 Å². The second-order valence-corrected chi connectivity index (χ2v) is 14.1. The van der Waals surface area contributed by atoms with Crippen LogP contribution in [-0.2, 0) is 35.2 Å². The Hall–Kier alpha value is -6.33. The molecule has 0 aliphatic rings. The molecule has 5 amide bonds. The summed E-state index contributed by atoms with van der Waals surface area (Å²) in [6, 6.07) is 3.87. The number of aromatic nitrogens is 1. The molecule has 1 heterocycles. The van der Waals surface area contributed by atoms with Crippen LogP contribution in [0.2, 0.25) is 0 Å². The minimum Gasteiger partial charge on any atom is -0.504 e. The van der Waals surface area contributed by atoms with Gasteiger partial charge in [0.05, 0.1) is 6.42 Å². The van der Waals surface area contributed by atoms with E-state index in [-0.39, 0.29) is 24.9 Å². The van der Waals surface area contributed by atoms with Crippen LogP contribution in [0.1, 0.15) is 75.7 Å². The number of fused-ring (bicyclic) bond motifs is 1. The van der Waals surface area contributed by atoms with Crippen molar-refractivity contribution < 1.29 is 59.1 Å². The number of aromatic amines is 1. The number of nitrogens with one attached hydrogen (secondary N) is 6. The number of para-hydroxylation sites is 1. The number of aromatic hydroxyl groups is 3. The molecule has 0 aliphatic heterocycles. The van der Waals surface area contributed by atoms with Crippen molar-refractivity contribution >= 4 is 52.4 Å². The van der Waals surface area contributed by atoms with Crippen molar-refractivity contribution in [2.45, 2.75) is 90.4 Å². The number of phenolic OH excluding ortho intramolecular Hbond substituents is 3. The zero-order chi connectivity index (χ0) is 41.7. The van der Waals surface area contributed by atoms with Crippen LogP contribution in [0, 0.1) is 11.8 Å². The molecule has 2 aromatic carbocycles. The fraction of sp³-hybridized carbons (Fsp3) is 0.447. The van der Waals surface area contributed by atoms with Gasteiger partial charge in [-0.25, -0.2) is 4.79 Å². The lowest BCUT2D eigenvalue weighted by Crippen LogP contribution is -2.59. The van der Waals surface area contributed by atoms with Crippen molar-refractivity contribution in [3.63, 3.8) is 0 Å². The molecule has 0 aliphatic carbocycles. The largest absolute Gasteiger partial charge is 0.504 e. The number of aliphatic carboxylic acids is 2. The van der Waals surface area contributed by atoms with Crippen molar-refractivity contribution in [3.05, 3.63) is 53.7 Å². The molecule has 3 aromatic rings. The molecule has 3 rings (SSSR count). The Balaban J connectivity index is 1.68. The van der Waals surface area contributed by atoms with Crippen LogP contribution in [-0.4, -0.2) is 103 Å². The zero-order valence-electron chi connectivity index (χ0n) is 31.5. The minimum atomic E-state index is -1.66. The third kappa shape index (κ3) is 12.6. The number of carboxylic acids is 2. The first-order valence-electron chi connectivity index (χ1n) is 18.1. The zero-order valence-corrected chi connectivity index (χ0v) is 31.5. The molecular weight excluding hydrogens is 732 g/mol. The van der Waals surface area contributed by atoms with E-state index in [4.69, 9.17) is 0 Å². The Morgan fingerprint density at radius 2 is 1.32 bits per heavy atom. The van der Waals surface area contributed by atoms with E-state index in [0.717, 1.165) is 23.0 Å². The first-order valence-corrected chi connectivity index (χ1v) is 18.1. The number of carbonyl (C=O) groups is 7. The number of carbonyl (C=O) groups excluding carboxylic acids is 5. The van der Waals surface area contributed by atoms with Gasteiger partial charge in [0.2, 0.25) is 23.6 Å². The molecule has 0 unspecified atom stereocenters. The smallest absolute Gasteiger partial charge is 0.326 e. The van der Waals surface area contributed by atoms with Crippen LogP contribution < -0.4 is 26.6 Å². The molecular formula is C38H50N6O12. The van der Waals surface area contributed by atoms with Crippen LogP contribution in [0.3, 0.4) is 0 Å². The molecule has 304 valence electrons. The van der Waals surface area contributed by atoms with Crippen molar-refractivity contribution in [3.8, 4) is 17.2 Å². The fourth-order valence-electron chi connectivity index (χ4n) is 5.82. The third-order valence-corrected chi connectivity index (χ3v) is 8.94. The van der Waals surface area contributed by atoms with Gasteiger partial charge in [-0.05, 0) is 48.4 Å². The number of hydrogen-bond donors (Lipinski definition) is 11. The quantitative estimate of drug-likeness (QED) is 0.0543. The van der Waals surface area contributed by atoms with Gasteiger partial charge in [0.15, 0.2) is 17.2 Å². The average molecular weight is 783 g/mol. The van der Waals surface area contributed by atoms with Crippen LogP contribution in [0.15, 0.2) is 42.6 Å². The Kier molecular flexibility index (Phi) is 16.0. The summed E-state index contributed by atoms with van der Waals surface area (Å²) in [5, 5.41) is 61.1. The van der Waals surface area contributed by atoms with Gasteiger partial charge in [-0.15, -0.1) is 0 Å². The molecule has 18 nitrogen and oxygen atoms in total. The molecule has 1 aromatic heterocycles. The number of hydrogen-bond acceptors (Lipinski definition) is 10. The minimum absolute atomic E-state index is 0.0130. The molecule has 0 spiro atoms. The maximum absolute atomic E-state index is 13.9. The van der Waals surface area contributed by atoms with Gasteiger partial charge in [-0.1, -0.05) is 52.3 Å². The van der Waals surface area contributed by atoms with Gasteiger partial charge in [0, 0.05) is 42.0 Å². The summed E-state index contributed by atoms with van der Waals surface area (Å²) in [4.78, 5) is 92.3. The van der Waals surface area contributed by atoms with E-state index < -0.39 is 101 Å². The maximum Gasteiger partial charge on any atom is 0.326 e. The van der Waals surface area contributed by atoms with Crippen LogP contribution in [0.25, 0.3) is 10.9 Å². The normalized spacial score (nSPS) is 13.3. The standard InChI is InChI=1S/C38H50N6O12/c1-19(2)31(37(54)42-26(17-30(48)49)36(53)44-32(20(3)4)38(55)56)43-35(52)25(14-22-18-40-24-11-8-7-10-23(22)24)41-29(47)12-6-5-9-13-39-34(51)21-15-27(45)33(50)28(46)16-21/h7-8,10-11,15-16,18-20,25-26,31-32,40,45-46,50H,5-6,9,12-14,17H2,1-4H3,(H,39,51)(H,41,47)(H,42,54)(H,43,52)(H,44,53)(H,48,49)(H,55,56)/t25-,26-,31-,32-/m0/s1. The highest BCUT2D eigenvalue weighted by atomic mass is 16.4. The van der Waals surface area contributed by atoms with Crippen LogP contribution in [0.5, 0.6) is 17.2 Å². The van der Waals surface area contributed by atoms with Crippen LogP contribution in [0.4, 0.5) is 0 Å². The van der Waals surface area contributed by atoms with Gasteiger partial charge >= 0.3 is 11.9 Å². The van der Waals surface area contributed by atoms with E-state index in [9.17, 15) is 59.1 Å². The Morgan fingerprint density at radius 1 is 0.714 bits per heavy atom. The van der Waals surface area contributed by atoms with E-state index in [1.165, 1.54) is 0 Å². The molecule has 18 heteroatoms. The Labute approximate surface area is 322 Å². The van der Waals surface area contributed by atoms with E-state index >= 15 is 0 Å². The molecule has 4 atom stereocenters. The lowest BCUT2D eigenvalue weighted by atomic mass is 9.99. The summed E-state index contributed by atoms with van der Waals surface area (Å²) in [7, 11) is 0. The van der Waals surface area contributed by atoms with Gasteiger partial charge in [-0.3, -0.25) is 28.8 Å². The molecule has 0 saturated heterocycles. The predicted octanol–water partition coefficient (Wildman–Crippen LogP) is 1.63. The summed E-state index contributed by atoms with van der Waals surface area (Å²) >= 11 is 0. The highest BCUT2D eigenvalue weighted by molar-refractivity contribution is 5.97. The molecule has 0 saturated carbocycles. The first-order chi connectivity index (χ1) is 26.4. The molecule has 56 heavy (non-hydrogen) atoms. The second-order valence-electron chi connectivity index (χ2n) is 14.1. The lowest BCUT2D eigenvalue weighted by Gasteiger charge is -2.28. The maximum atomic E-state index is 13.9. The van der Waals surface area contributed by atoms with Gasteiger partial charge in [0.1, 0.15) is 24.2 Å². The monoisotopic (exact) mass is 782 g/mol. The summed E-state index contributed by atoms with van der Waals surface area (Å²) < 4.78 is 0. The summed E-state index contributed by atoms with van der Waals surface area (Å²) in [5.74, 6) is -9.65. The van der Waals surface area contributed by atoms with Crippen molar-refractivity contribution in [2.24, 2.45) is 11.8 Å². The highest BCUT2D eigenvalue weighted by Crippen LogP contribution is 2.35. The number of phenols is 3. The van der Waals surface area contributed by atoms with E-state index in [1.54, 1.807) is 33.9 Å². The third-order valence-electron chi connectivity index (χ3n) is 8.94. The van der Waals surface area contributed by atoms with E-state index in [2.05, 4.69) is 31.6 Å². The van der Waals surface area contributed by atoms with E-state index in [1.807, 2.05) is 24.3 Å². The van der Waals surface area contributed by atoms with E-state index in [0.29, 0.717) is 24.8 Å². The molecule has 0 bridgehead atoms. The predicted molar refractivity (Wildman–Crippen MR) is 202 cm³/mol. The second kappa shape index (κ2) is 20.4. The number of unbranched alkanes of at least 4 members (excludes halogenated alkanes) is 2. The summed E-state index contributed by atoms with van der Waals surface area (Å²) in [6.07, 6.45) is 2.24. The average Bonchev–Trinajstić information content (AvgIpc) is 3.53. The summed E-state index contributed by atoms with van der Waals surface area (Å²) in [5.41, 5.74) is 1.44. The van der Waals surface area contributed by atoms with Gasteiger partial charge in [0.25, 0.3) is 5.91 Å². The molecule has 0 radical (unpaired) electrons. The number of H-pyrrole nitrogens is 1. The molecule has 0 fully saturated rings. The fourth-order valence-corrected chi connectivity index (χ4v) is 5.82. The first kappa shape index (κ1) is 44.1. The van der Waals surface area contributed by atoms with Gasteiger partial charge in [-0.2, -0.15) is 0 Å². The summed E-state index contributed by atoms with van der Waals surface area (Å²) in [6.45, 7) is 6.53. The Morgan fingerprint density at radius 3 is 1.93 bits per heavy atom. The van der Waals surface area contributed by atoms with Crippen molar-refractivity contribution in [2.75, 3.05) is 6.54 Å². The number of benzene rings is 2. The SMILES string of the molecule is CC(C)[C@H](NC(=O)[C@H](CC(=O)O)NC(=O)[C@@H](NC(=O)[C@H](Cc1c[nH]c2ccccc12)NC(=O)CCCCCNC(=O)c1cc(O)c(O)c(O)c1)C(C)C)C(=O)O. The van der Waals surface area contributed by atoms with Crippen LogP contribution >= 0.6 is 0 Å². The topological polar surface area (TPSA) is 297 Å². The highest BCUT2D eigenvalue weighted by Gasteiger charge is 2.34. The van der Waals surface area contributed by atoms with Crippen molar-refractivity contribution in [1.82, 2.24) is 31.6 Å².